The number of hydrogen-bond donors (Lipinski definition) is 2. The first-order chi connectivity index (χ1) is 13.1. The lowest BCUT2D eigenvalue weighted by Gasteiger charge is -2.16. The molecule has 0 spiro atoms. The van der Waals surface area contributed by atoms with Crippen LogP contribution in [0.4, 0.5) is 5.69 Å². The molecule has 0 saturated heterocycles. The molecule has 0 radical (unpaired) electrons. The third kappa shape index (κ3) is 2.97. The Morgan fingerprint density at radius 3 is 2.56 bits per heavy atom. The van der Waals surface area contributed by atoms with Gasteiger partial charge in [-0.05, 0) is 36.8 Å². The number of nitrogens with one attached hydrogen (secondary N) is 1. The highest BCUT2D eigenvalue weighted by molar-refractivity contribution is 6.26. The highest BCUT2D eigenvalue weighted by atomic mass is 16.5. The maximum Gasteiger partial charge on any atom is 0.261 e. The second kappa shape index (κ2) is 6.68. The van der Waals surface area contributed by atoms with Crippen LogP contribution in [0.2, 0.25) is 0 Å². The van der Waals surface area contributed by atoms with Gasteiger partial charge >= 0.3 is 0 Å². The number of carbonyl (C=O) groups excluding carboxylic acids is 1. The van der Waals surface area contributed by atoms with Gasteiger partial charge in [0.1, 0.15) is 34.2 Å². The van der Waals surface area contributed by atoms with Gasteiger partial charge in [0.05, 0.1) is 19.9 Å². The quantitative estimate of drug-likeness (QED) is 0.742. The van der Waals surface area contributed by atoms with Crippen molar-refractivity contribution >= 4 is 22.8 Å². The van der Waals surface area contributed by atoms with Crippen LogP contribution in [0, 0.1) is 0 Å². The number of aliphatic hydroxyl groups excluding tert-OH is 1. The van der Waals surface area contributed by atoms with Gasteiger partial charge in [-0.15, -0.1) is 0 Å². The normalized spacial score (nSPS) is 13.4. The molecular weight excluding hydrogens is 346 g/mol. The van der Waals surface area contributed by atoms with Gasteiger partial charge in [0.25, 0.3) is 5.91 Å². The molecule has 2 aromatic heterocycles. The molecule has 1 aliphatic rings. The van der Waals surface area contributed by atoms with Gasteiger partial charge < -0.3 is 24.3 Å². The maximum absolute atomic E-state index is 12.9. The molecule has 1 aliphatic carbocycles. The van der Waals surface area contributed by atoms with Gasteiger partial charge in [-0.3, -0.25) is 4.79 Å². The average Bonchev–Trinajstić information content (AvgIpc) is 3.05. The van der Waals surface area contributed by atoms with Crippen molar-refractivity contribution in [1.29, 1.82) is 0 Å². The molecule has 7 heteroatoms. The molecule has 3 aromatic rings. The Labute approximate surface area is 155 Å². The monoisotopic (exact) mass is 365 g/mol. The SMILES string of the molecule is COc1ccc(NC(=O)C2=C(O)CCc3c2nc2cc(OC)ccn32)cc1. The number of aliphatic hydroxyl groups is 1. The van der Waals surface area contributed by atoms with E-state index in [4.69, 9.17) is 9.47 Å². The van der Waals surface area contributed by atoms with Crippen LogP contribution in [0.1, 0.15) is 17.8 Å². The lowest BCUT2D eigenvalue weighted by atomic mass is 9.97. The molecule has 0 aliphatic heterocycles. The Bertz CT molecular complexity index is 1050. The molecule has 0 unspecified atom stereocenters. The minimum absolute atomic E-state index is 0.0453. The molecule has 4 rings (SSSR count). The summed E-state index contributed by atoms with van der Waals surface area (Å²) in [5.74, 6) is 1.03. The summed E-state index contributed by atoms with van der Waals surface area (Å²) in [7, 11) is 3.17. The molecule has 1 aromatic carbocycles. The first kappa shape index (κ1) is 17.0. The number of carbonyl (C=O) groups is 1. The fourth-order valence-electron chi connectivity index (χ4n) is 3.25. The van der Waals surface area contributed by atoms with Crippen molar-refractivity contribution in [3.05, 3.63) is 59.7 Å². The topological polar surface area (TPSA) is 85.1 Å². The number of nitrogens with zero attached hydrogens (tertiary/aromatic N) is 2. The number of anilines is 1. The van der Waals surface area contributed by atoms with Crippen molar-refractivity contribution in [3.63, 3.8) is 0 Å². The van der Waals surface area contributed by atoms with Gasteiger partial charge in [-0.2, -0.15) is 0 Å². The minimum Gasteiger partial charge on any atom is -0.511 e. The zero-order chi connectivity index (χ0) is 19.0. The standard InChI is InChI=1S/C20H19N3O4/c1-26-13-5-3-12(4-6-13)21-20(25)18-16(24)8-7-15-19(18)22-17-11-14(27-2)9-10-23(15)17/h3-6,9-11,24H,7-8H2,1-2H3,(H,21,25). The summed E-state index contributed by atoms with van der Waals surface area (Å²) in [6.07, 6.45) is 2.85. The van der Waals surface area contributed by atoms with Gasteiger partial charge in [-0.1, -0.05) is 0 Å². The van der Waals surface area contributed by atoms with Crippen LogP contribution in [0.25, 0.3) is 11.2 Å². The highest BCUT2D eigenvalue weighted by Crippen LogP contribution is 2.32. The molecule has 0 saturated carbocycles. The Morgan fingerprint density at radius 2 is 1.85 bits per heavy atom. The largest absolute Gasteiger partial charge is 0.511 e. The molecule has 27 heavy (non-hydrogen) atoms. The van der Waals surface area contributed by atoms with E-state index in [9.17, 15) is 9.90 Å². The number of aryl methyl sites for hydroxylation is 1. The van der Waals surface area contributed by atoms with Crippen molar-refractivity contribution in [1.82, 2.24) is 9.38 Å². The van der Waals surface area contributed by atoms with Crippen molar-refractivity contribution in [2.45, 2.75) is 12.8 Å². The van der Waals surface area contributed by atoms with Gasteiger partial charge in [0, 0.05) is 24.4 Å². The molecule has 0 bridgehead atoms. The molecular formula is C20H19N3O4. The summed E-state index contributed by atoms with van der Waals surface area (Å²) in [6.45, 7) is 0. The molecule has 0 fully saturated rings. The summed E-state index contributed by atoms with van der Waals surface area (Å²) in [6, 6.07) is 10.6. The summed E-state index contributed by atoms with van der Waals surface area (Å²) in [4.78, 5) is 17.4. The molecule has 0 atom stereocenters. The molecule has 2 N–H and O–H groups in total. The van der Waals surface area contributed by atoms with E-state index in [2.05, 4.69) is 10.3 Å². The predicted molar refractivity (Wildman–Crippen MR) is 101 cm³/mol. The second-order valence-electron chi connectivity index (χ2n) is 6.21. The van der Waals surface area contributed by atoms with Gasteiger partial charge in [0.2, 0.25) is 0 Å². The third-order valence-corrected chi connectivity index (χ3v) is 4.63. The molecule has 138 valence electrons. The van der Waals surface area contributed by atoms with Crippen LogP contribution >= 0.6 is 0 Å². The summed E-state index contributed by atoms with van der Waals surface area (Å²) < 4.78 is 12.3. The fourth-order valence-corrected chi connectivity index (χ4v) is 3.25. The molecule has 1 amide bonds. The number of amides is 1. The Balaban J connectivity index is 1.70. The predicted octanol–water partition coefficient (Wildman–Crippen LogP) is 3.21. The first-order valence-corrected chi connectivity index (χ1v) is 8.53. The second-order valence-corrected chi connectivity index (χ2v) is 6.21. The first-order valence-electron chi connectivity index (χ1n) is 8.53. The lowest BCUT2D eigenvalue weighted by Crippen LogP contribution is -2.19. The zero-order valence-corrected chi connectivity index (χ0v) is 15.0. The molecule has 2 heterocycles. The number of methoxy groups -OCH3 is 2. The van der Waals surface area contributed by atoms with Crippen LogP contribution in [-0.2, 0) is 11.2 Å². The van der Waals surface area contributed by atoms with E-state index in [1.54, 1.807) is 44.6 Å². The van der Waals surface area contributed by atoms with Crippen LogP contribution in [0.3, 0.4) is 0 Å². The summed E-state index contributed by atoms with van der Waals surface area (Å²) in [5.41, 5.74) is 2.88. The highest BCUT2D eigenvalue weighted by Gasteiger charge is 2.29. The van der Waals surface area contributed by atoms with E-state index in [1.807, 2.05) is 16.7 Å². The fraction of sp³-hybridized carbons (Fsp3) is 0.200. The Morgan fingerprint density at radius 1 is 1.11 bits per heavy atom. The zero-order valence-electron chi connectivity index (χ0n) is 15.0. The lowest BCUT2D eigenvalue weighted by molar-refractivity contribution is -0.111. The number of fused-ring (bicyclic) bond motifs is 3. The van der Waals surface area contributed by atoms with Gasteiger partial charge in [-0.25, -0.2) is 4.98 Å². The average molecular weight is 365 g/mol. The number of imidazole rings is 1. The van der Waals surface area contributed by atoms with E-state index in [-0.39, 0.29) is 11.3 Å². The number of pyridine rings is 1. The number of benzene rings is 1. The van der Waals surface area contributed by atoms with E-state index >= 15 is 0 Å². The van der Waals surface area contributed by atoms with Crippen molar-refractivity contribution in [2.75, 3.05) is 19.5 Å². The van der Waals surface area contributed by atoms with Crippen molar-refractivity contribution in [3.8, 4) is 11.5 Å². The van der Waals surface area contributed by atoms with E-state index in [0.717, 1.165) is 5.69 Å². The number of aromatic nitrogens is 2. The maximum atomic E-state index is 12.9. The third-order valence-electron chi connectivity index (χ3n) is 4.63. The van der Waals surface area contributed by atoms with Crippen LogP contribution in [0.15, 0.2) is 48.4 Å². The smallest absolute Gasteiger partial charge is 0.261 e. The molecule has 7 nitrogen and oxygen atoms in total. The summed E-state index contributed by atoms with van der Waals surface area (Å²) >= 11 is 0. The minimum atomic E-state index is -0.394. The van der Waals surface area contributed by atoms with E-state index in [0.29, 0.717) is 41.4 Å². The van der Waals surface area contributed by atoms with Crippen LogP contribution in [0.5, 0.6) is 11.5 Å². The van der Waals surface area contributed by atoms with Crippen LogP contribution in [-0.4, -0.2) is 34.6 Å². The van der Waals surface area contributed by atoms with Crippen molar-refractivity contribution in [2.24, 2.45) is 0 Å². The van der Waals surface area contributed by atoms with Crippen LogP contribution < -0.4 is 14.8 Å². The Kier molecular flexibility index (Phi) is 4.19. The number of hydrogen-bond acceptors (Lipinski definition) is 5. The van der Waals surface area contributed by atoms with E-state index in [1.165, 1.54) is 0 Å². The number of allylic oxidation sites excluding steroid dienone is 1. The number of rotatable bonds is 4. The Hall–Kier alpha value is -3.48. The summed E-state index contributed by atoms with van der Waals surface area (Å²) in [5, 5.41) is 13.2. The van der Waals surface area contributed by atoms with E-state index < -0.39 is 5.91 Å². The number of ether oxygens (including phenoxy) is 2. The van der Waals surface area contributed by atoms with Gasteiger partial charge in [0.15, 0.2) is 0 Å². The van der Waals surface area contributed by atoms with Crippen molar-refractivity contribution < 1.29 is 19.4 Å².